The average Bonchev–Trinajstić information content (AvgIpc) is 2.56. The minimum Gasteiger partial charge on any atom is -0.323 e. The van der Waals surface area contributed by atoms with Crippen molar-refractivity contribution in [3.8, 4) is 0 Å². The van der Waals surface area contributed by atoms with Gasteiger partial charge in [0.15, 0.2) is 5.67 Å². The summed E-state index contributed by atoms with van der Waals surface area (Å²) in [5.41, 5.74) is -1.09. The van der Waals surface area contributed by atoms with E-state index in [1.807, 2.05) is 18.2 Å². The van der Waals surface area contributed by atoms with E-state index in [0.29, 0.717) is 25.1 Å². The first kappa shape index (κ1) is 12.0. The Bertz CT molecular complexity index is 372. The Balaban J connectivity index is 2.03. The molecule has 92 valence electrons. The number of para-hydroxylation sites is 1. The summed E-state index contributed by atoms with van der Waals surface area (Å²) in [5.74, 6) is -0.521. The standard InChI is InChI=1S/C13H17FN2O/c14-13(7-4-9-15-10-8-13)12(17)16-11-5-2-1-3-6-11/h1-3,5-6,15H,4,7-10H2,(H,16,17). The second kappa shape index (κ2) is 5.27. The van der Waals surface area contributed by atoms with Crippen LogP contribution in [0.1, 0.15) is 19.3 Å². The van der Waals surface area contributed by atoms with Gasteiger partial charge in [-0.2, -0.15) is 0 Å². The smallest absolute Gasteiger partial charge is 0.262 e. The molecule has 1 aromatic rings. The molecule has 2 rings (SSSR count). The van der Waals surface area contributed by atoms with E-state index >= 15 is 0 Å². The summed E-state index contributed by atoms with van der Waals surface area (Å²) in [6.45, 7) is 1.34. The third-order valence-electron chi connectivity index (χ3n) is 3.06. The molecule has 2 N–H and O–H groups in total. The fraction of sp³-hybridized carbons (Fsp3) is 0.462. The fourth-order valence-corrected chi connectivity index (χ4v) is 2.02. The molecule has 1 aromatic carbocycles. The van der Waals surface area contributed by atoms with E-state index in [9.17, 15) is 9.18 Å². The molecule has 17 heavy (non-hydrogen) atoms. The second-order valence-electron chi connectivity index (χ2n) is 4.39. The van der Waals surface area contributed by atoms with Gasteiger partial charge in [0, 0.05) is 12.1 Å². The molecule has 1 aliphatic rings. The lowest BCUT2D eigenvalue weighted by molar-refractivity contribution is -0.128. The number of halogens is 1. The number of hydrogen-bond acceptors (Lipinski definition) is 2. The Hall–Kier alpha value is -1.42. The van der Waals surface area contributed by atoms with Gasteiger partial charge >= 0.3 is 0 Å². The van der Waals surface area contributed by atoms with Crippen molar-refractivity contribution in [1.29, 1.82) is 0 Å². The van der Waals surface area contributed by atoms with Gasteiger partial charge in [0.2, 0.25) is 0 Å². The van der Waals surface area contributed by atoms with Crippen molar-refractivity contribution in [2.45, 2.75) is 24.9 Å². The highest BCUT2D eigenvalue weighted by Crippen LogP contribution is 2.26. The van der Waals surface area contributed by atoms with Gasteiger partial charge in [-0.1, -0.05) is 18.2 Å². The Kier molecular flexibility index (Phi) is 3.74. The number of rotatable bonds is 2. The highest BCUT2D eigenvalue weighted by Gasteiger charge is 2.38. The maximum absolute atomic E-state index is 14.5. The molecular formula is C13H17FN2O. The SMILES string of the molecule is O=C(Nc1ccccc1)C1(F)CCCNCC1. The molecule has 1 heterocycles. The Labute approximate surface area is 100 Å². The molecule has 1 saturated heterocycles. The first-order chi connectivity index (χ1) is 8.21. The molecule has 1 aliphatic heterocycles. The highest BCUT2D eigenvalue weighted by molar-refractivity contribution is 5.97. The van der Waals surface area contributed by atoms with Gasteiger partial charge in [0.25, 0.3) is 5.91 Å². The zero-order valence-corrected chi connectivity index (χ0v) is 9.71. The number of hydrogen-bond donors (Lipinski definition) is 2. The average molecular weight is 236 g/mol. The summed E-state index contributed by atoms with van der Waals surface area (Å²) < 4.78 is 14.5. The lowest BCUT2D eigenvalue weighted by atomic mass is 9.96. The summed E-state index contributed by atoms with van der Waals surface area (Å²) in [6.07, 6.45) is 1.23. The lowest BCUT2D eigenvalue weighted by Gasteiger charge is -2.22. The first-order valence-corrected chi connectivity index (χ1v) is 5.97. The minimum absolute atomic E-state index is 0.242. The van der Waals surface area contributed by atoms with Crippen molar-refractivity contribution in [2.75, 3.05) is 18.4 Å². The highest BCUT2D eigenvalue weighted by atomic mass is 19.1. The van der Waals surface area contributed by atoms with Crippen molar-refractivity contribution >= 4 is 11.6 Å². The van der Waals surface area contributed by atoms with E-state index in [2.05, 4.69) is 10.6 Å². The molecule has 0 spiro atoms. The summed E-state index contributed by atoms with van der Waals surface area (Å²) in [5, 5.41) is 5.74. The number of benzene rings is 1. The normalized spacial score (nSPS) is 25.0. The maximum Gasteiger partial charge on any atom is 0.262 e. The van der Waals surface area contributed by atoms with E-state index in [1.54, 1.807) is 12.1 Å². The monoisotopic (exact) mass is 236 g/mol. The van der Waals surface area contributed by atoms with E-state index in [4.69, 9.17) is 0 Å². The third-order valence-corrected chi connectivity index (χ3v) is 3.06. The maximum atomic E-state index is 14.5. The topological polar surface area (TPSA) is 41.1 Å². The van der Waals surface area contributed by atoms with Gasteiger partial charge in [-0.15, -0.1) is 0 Å². The van der Waals surface area contributed by atoms with Crippen LogP contribution in [0, 0.1) is 0 Å². The van der Waals surface area contributed by atoms with Crippen molar-refractivity contribution < 1.29 is 9.18 Å². The second-order valence-corrected chi connectivity index (χ2v) is 4.39. The van der Waals surface area contributed by atoms with E-state index in [-0.39, 0.29) is 6.42 Å². The van der Waals surface area contributed by atoms with Gasteiger partial charge in [-0.3, -0.25) is 4.79 Å². The molecular weight excluding hydrogens is 219 g/mol. The molecule has 0 aliphatic carbocycles. The number of nitrogens with one attached hydrogen (secondary N) is 2. The third kappa shape index (κ3) is 3.03. The summed E-state index contributed by atoms with van der Waals surface area (Å²) >= 11 is 0. The lowest BCUT2D eigenvalue weighted by Crippen LogP contribution is -2.39. The summed E-state index contributed by atoms with van der Waals surface area (Å²) in [4.78, 5) is 11.9. The molecule has 0 aromatic heterocycles. The zero-order valence-electron chi connectivity index (χ0n) is 9.71. The molecule has 1 atom stereocenters. The number of amides is 1. The summed E-state index contributed by atoms with van der Waals surface area (Å²) in [7, 11) is 0. The molecule has 0 saturated carbocycles. The molecule has 1 unspecified atom stereocenters. The molecule has 1 fully saturated rings. The number of carbonyl (C=O) groups excluding carboxylic acids is 1. The quantitative estimate of drug-likeness (QED) is 0.825. The van der Waals surface area contributed by atoms with Crippen LogP contribution in [0.5, 0.6) is 0 Å². The predicted molar refractivity (Wildman–Crippen MR) is 65.6 cm³/mol. The van der Waals surface area contributed by atoms with Crippen molar-refractivity contribution in [3.63, 3.8) is 0 Å². The molecule has 0 bridgehead atoms. The van der Waals surface area contributed by atoms with Gasteiger partial charge < -0.3 is 10.6 Å². The Morgan fingerprint density at radius 2 is 2.00 bits per heavy atom. The number of alkyl halides is 1. The van der Waals surface area contributed by atoms with Crippen molar-refractivity contribution in [3.05, 3.63) is 30.3 Å². The van der Waals surface area contributed by atoms with Gasteiger partial charge in [0.1, 0.15) is 0 Å². The predicted octanol–water partition coefficient (Wildman–Crippen LogP) is 2.11. The van der Waals surface area contributed by atoms with Crippen LogP contribution < -0.4 is 10.6 Å². The van der Waals surface area contributed by atoms with Crippen LogP contribution in [0.4, 0.5) is 10.1 Å². The van der Waals surface area contributed by atoms with Crippen molar-refractivity contribution in [2.24, 2.45) is 0 Å². The fourth-order valence-electron chi connectivity index (χ4n) is 2.02. The van der Waals surface area contributed by atoms with Crippen LogP contribution in [0.25, 0.3) is 0 Å². The number of anilines is 1. The van der Waals surface area contributed by atoms with Crippen LogP contribution in [0.3, 0.4) is 0 Å². The zero-order chi connectivity index (χ0) is 12.1. The van der Waals surface area contributed by atoms with E-state index in [1.165, 1.54) is 0 Å². The van der Waals surface area contributed by atoms with E-state index in [0.717, 1.165) is 6.54 Å². The summed E-state index contributed by atoms with van der Waals surface area (Å²) in [6, 6.07) is 9.01. The molecule has 0 radical (unpaired) electrons. The van der Waals surface area contributed by atoms with Gasteiger partial charge in [0.05, 0.1) is 0 Å². The van der Waals surface area contributed by atoms with Crippen LogP contribution in [0.15, 0.2) is 30.3 Å². The van der Waals surface area contributed by atoms with Crippen LogP contribution >= 0.6 is 0 Å². The Morgan fingerprint density at radius 3 is 2.76 bits per heavy atom. The Morgan fingerprint density at radius 1 is 1.24 bits per heavy atom. The molecule has 1 amide bonds. The van der Waals surface area contributed by atoms with Crippen LogP contribution in [0.2, 0.25) is 0 Å². The van der Waals surface area contributed by atoms with E-state index < -0.39 is 11.6 Å². The van der Waals surface area contributed by atoms with Crippen molar-refractivity contribution in [1.82, 2.24) is 5.32 Å². The van der Waals surface area contributed by atoms with Gasteiger partial charge in [-0.05, 0) is 38.1 Å². The largest absolute Gasteiger partial charge is 0.323 e. The molecule has 3 nitrogen and oxygen atoms in total. The van der Waals surface area contributed by atoms with Crippen LogP contribution in [-0.2, 0) is 4.79 Å². The van der Waals surface area contributed by atoms with Gasteiger partial charge in [-0.25, -0.2) is 4.39 Å². The van der Waals surface area contributed by atoms with Crippen LogP contribution in [-0.4, -0.2) is 24.7 Å². The number of carbonyl (C=O) groups is 1. The molecule has 4 heteroatoms. The minimum atomic E-state index is -1.74. The first-order valence-electron chi connectivity index (χ1n) is 5.97.